The summed E-state index contributed by atoms with van der Waals surface area (Å²) < 4.78 is 13.1. The van der Waals surface area contributed by atoms with Crippen LogP contribution in [0.5, 0.6) is 0 Å². The minimum absolute atomic E-state index is 0. The number of anilines is 1. The largest absolute Gasteiger partial charge is 1.00 e. The molecule has 3 heterocycles. The summed E-state index contributed by atoms with van der Waals surface area (Å²) in [6, 6.07) is 12.8. The number of aliphatic imine (C=N–C) groups is 1. The molecule has 0 spiro atoms. The van der Waals surface area contributed by atoms with Crippen molar-refractivity contribution in [3.63, 3.8) is 0 Å². The van der Waals surface area contributed by atoms with Crippen molar-refractivity contribution >= 4 is 34.4 Å². The van der Waals surface area contributed by atoms with Crippen molar-refractivity contribution in [2.45, 2.75) is 13.1 Å². The Hall–Kier alpha value is -3.37. The highest BCUT2D eigenvalue weighted by Gasteiger charge is 2.34. The van der Waals surface area contributed by atoms with E-state index in [0.29, 0.717) is 17.4 Å². The lowest BCUT2D eigenvalue weighted by Crippen LogP contribution is -3.00. The summed E-state index contributed by atoms with van der Waals surface area (Å²) >= 11 is 1.13. The number of rotatable bonds is 6. The Morgan fingerprint density at radius 1 is 1.06 bits per heavy atom. The van der Waals surface area contributed by atoms with E-state index < -0.39 is 11.7 Å². The first-order valence-corrected chi connectivity index (χ1v) is 10.5. The lowest BCUT2D eigenvalue weighted by Gasteiger charge is -2.15. The van der Waals surface area contributed by atoms with Crippen molar-refractivity contribution in [3.8, 4) is 0 Å². The highest BCUT2D eigenvalue weighted by molar-refractivity contribution is 8.18. The van der Waals surface area contributed by atoms with Crippen LogP contribution in [0.4, 0.5) is 10.1 Å². The second-order valence-corrected chi connectivity index (χ2v) is 7.83. The number of thioether (sulfide) groups is 1. The van der Waals surface area contributed by atoms with Crippen LogP contribution >= 0.6 is 11.8 Å². The van der Waals surface area contributed by atoms with E-state index in [-0.39, 0.29) is 34.3 Å². The number of hydrogen-bond acceptors (Lipinski definition) is 6. The predicted molar refractivity (Wildman–Crippen MR) is 121 cm³/mol. The van der Waals surface area contributed by atoms with E-state index in [4.69, 9.17) is 0 Å². The fraction of sp³-hybridized carbons (Fsp3) is 0.0870. The fourth-order valence-electron chi connectivity index (χ4n) is 2.92. The van der Waals surface area contributed by atoms with E-state index in [1.165, 1.54) is 35.2 Å². The van der Waals surface area contributed by atoms with Crippen LogP contribution in [-0.2, 0) is 22.7 Å². The van der Waals surface area contributed by atoms with Gasteiger partial charge in [-0.3, -0.25) is 29.4 Å². The molecular formula is C23H18BrFN5O2S-. The molecule has 168 valence electrons. The normalized spacial score (nSPS) is 15.5. The highest BCUT2D eigenvalue weighted by atomic mass is 79.9. The molecule has 0 aliphatic carbocycles. The van der Waals surface area contributed by atoms with E-state index >= 15 is 0 Å². The van der Waals surface area contributed by atoms with Gasteiger partial charge >= 0.3 is 0 Å². The topological polar surface area (TPSA) is 87.6 Å². The zero-order chi connectivity index (χ0) is 22.3. The molecule has 2 aromatic heterocycles. The maximum Gasteiger partial charge on any atom is 0.267 e. The third kappa shape index (κ3) is 6.56. The molecule has 1 aliphatic rings. The minimum atomic E-state index is -0.484. The first-order valence-electron chi connectivity index (χ1n) is 9.69. The standard InChI is InChI=1S/C23H18FN5O2S.BrH/c24-18-5-7-19(8-6-18)28-21(30)11-20-22(31)29(15-17-4-2-10-26-13-17)23(32-20)27-14-16-3-1-9-25-12-16;/h1-13H,14-15H2,(H,28,30);1H/p-1/b20-11-,27-23?;. The lowest BCUT2D eigenvalue weighted by molar-refractivity contribution is -0.123. The average molecular weight is 527 g/mol. The number of nitrogens with one attached hydrogen (secondary N) is 1. The van der Waals surface area contributed by atoms with Crippen LogP contribution in [0, 0.1) is 5.82 Å². The number of hydrogen-bond donors (Lipinski definition) is 1. The summed E-state index contributed by atoms with van der Waals surface area (Å²) in [6.45, 7) is 0.629. The monoisotopic (exact) mass is 526 g/mol. The summed E-state index contributed by atoms with van der Waals surface area (Å²) in [7, 11) is 0. The second kappa shape index (κ2) is 11.5. The predicted octanol–water partition coefficient (Wildman–Crippen LogP) is 0.774. The van der Waals surface area contributed by atoms with Crippen LogP contribution in [0.1, 0.15) is 11.1 Å². The molecule has 1 N–H and O–H groups in total. The average Bonchev–Trinajstić information content (AvgIpc) is 3.09. The molecule has 2 amide bonds. The molecule has 10 heteroatoms. The van der Waals surface area contributed by atoms with Gasteiger partial charge < -0.3 is 22.3 Å². The number of halogens is 2. The molecule has 0 unspecified atom stereocenters. The molecular weight excluding hydrogens is 509 g/mol. The van der Waals surface area contributed by atoms with Crippen molar-refractivity contribution in [3.05, 3.63) is 101 Å². The Bertz CT molecular complexity index is 1170. The van der Waals surface area contributed by atoms with E-state index in [1.807, 2.05) is 18.2 Å². The van der Waals surface area contributed by atoms with Gasteiger partial charge in [-0.2, -0.15) is 0 Å². The first kappa shape index (κ1) is 24.3. The molecule has 7 nitrogen and oxygen atoms in total. The minimum Gasteiger partial charge on any atom is -1.00 e. The van der Waals surface area contributed by atoms with Crippen molar-refractivity contribution < 1.29 is 31.0 Å². The molecule has 1 aliphatic heterocycles. The number of aromatic nitrogens is 2. The van der Waals surface area contributed by atoms with E-state index in [2.05, 4.69) is 20.3 Å². The quantitative estimate of drug-likeness (QED) is 0.479. The van der Waals surface area contributed by atoms with Crippen LogP contribution in [0.3, 0.4) is 0 Å². The molecule has 1 saturated heterocycles. The molecule has 0 radical (unpaired) electrons. The molecule has 1 aromatic carbocycles. The molecule has 0 bridgehead atoms. The Labute approximate surface area is 204 Å². The van der Waals surface area contributed by atoms with Gasteiger partial charge in [0.05, 0.1) is 18.0 Å². The van der Waals surface area contributed by atoms with Crippen LogP contribution in [0.25, 0.3) is 0 Å². The van der Waals surface area contributed by atoms with Crippen LogP contribution < -0.4 is 22.3 Å². The number of amidine groups is 1. The van der Waals surface area contributed by atoms with Gasteiger partial charge in [-0.05, 0) is 59.3 Å². The van der Waals surface area contributed by atoms with Gasteiger partial charge in [-0.15, -0.1) is 0 Å². The number of amides is 2. The summed E-state index contributed by atoms with van der Waals surface area (Å²) in [5, 5.41) is 3.12. The Kier molecular flexibility index (Phi) is 8.45. The number of nitrogens with zero attached hydrogens (tertiary/aromatic N) is 4. The van der Waals surface area contributed by atoms with Crippen molar-refractivity contribution in [1.82, 2.24) is 14.9 Å². The van der Waals surface area contributed by atoms with Crippen LogP contribution in [0.2, 0.25) is 0 Å². The SMILES string of the molecule is O=C(/C=C1\SC(=NCc2cccnc2)N(Cc2cccnc2)C1=O)Nc1ccc(F)cc1.[Br-]. The van der Waals surface area contributed by atoms with Crippen LogP contribution in [0.15, 0.2) is 89.3 Å². The Balaban J connectivity index is 0.00000306. The molecule has 33 heavy (non-hydrogen) atoms. The summed E-state index contributed by atoms with van der Waals surface area (Å²) in [5.41, 5.74) is 2.18. The molecule has 0 saturated carbocycles. The molecule has 1 fully saturated rings. The highest BCUT2D eigenvalue weighted by Crippen LogP contribution is 2.32. The zero-order valence-electron chi connectivity index (χ0n) is 17.2. The van der Waals surface area contributed by atoms with Crippen molar-refractivity contribution in [1.29, 1.82) is 0 Å². The third-order valence-corrected chi connectivity index (χ3v) is 5.49. The fourth-order valence-corrected chi connectivity index (χ4v) is 3.87. The molecule has 0 atom stereocenters. The second-order valence-electron chi connectivity index (χ2n) is 6.82. The number of carbonyl (C=O) groups is 2. The molecule has 3 aromatic rings. The third-order valence-electron chi connectivity index (χ3n) is 4.45. The van der Waals surface area contributed by atoms with Crippen molar-refractivity contribution in [2.75, 3.05) is 5.32 Å². The van der Waals surface area contributed by atoms with Gasteiger partial charge in [0, 0.05) is 36.6 Å². The van der Waals surface area contributed by atoms with E-state index in [0.717, 1.165) is 22.9 Å². The number of pyridine rings is 2. The Morgan fingerprint density at radius 2 is 1.73 bits per heavy atom. The zero-order valence-corrected chi connectivity index (χ0v) is 19.6. The smallest absolute Gasteiger partial charge is 0.267 e. The van der Waals surface area contributed by atoms with Gasteiger partial charge in [-0.1, -0.05) is 12.1 Å². The van der Waals surface area contributed by atoms with Gasteiger partial charge in [0.25, 0.3) is 5.91 Å². The van der Waals surface area contributed by atoms with Crippen LogP contribution in [-0.4, -0.2) is 31.8 Å². The summed E-state index contributed by atoms with van der Waals surface area (Å²) in [6.07, 6.45) is 7.97. The number of benzene rings is 1. The van der Waals surface area contributed by atoms with Gasteiger partial charge in [0.2, 0.25) is 5.91 Å². The maximum atomic E-state index is 13.1. The number of carbonyl (C=O) groups excluding carboxylic acids is 2. The Morgan fingerprint density at radius 3 is 2.36 bits per heavy atom. The van der Waals surface area contributed by atoms with E-state index in [9.17, 15) is 14.0 Å². The first-order chi connectivity index (χ1) is 15.6. The lowest BCUT2D eigenvalue weighted by atomic mass is 10.2. The summed E-state index contributed by atoms with van der Waals surface area (Å²) in [4.78, 5) is 40.0. The maximum absolute atomic E-state index is 13.1. The van der Waals surface area contributed by atoms with Gasteiger partial charge in [0.15, 0.2) is 5.17 Å². The van der Waals surface area contributed by atoms with Crippen molar-refractivity contribution in [2.24, 2.45) is 4.99 Å². The summed E-state index contributed by atoms with van der Waals surface area (Å²) in [5.74, 6) is -1.20. The van der Waals surface area contributed by atoms with Gasteiger partial charge in [0.1, 0.15) is 5.82 Å². The molecule has 4 rings (SSSR count). The van der Waals surface area contributed by atoms with E-state index in [1.54, 1.807) is 30.9 Å². The van der Waals surface area contributed by atoms with Gasteiger partial charge in [-0.25, -0.2) is 4.39 Å².